The zero-order valence-electron chi connectivity index (χ0n) is 14.8. The van der Waals surface area contributed by atoms with Gasteiger partial charge in [-0.1, -0.05) is 6.07 Å². The second-order valence-corrected chi connectivity index (χ2v) is 6.29. The summed E-state index contributed by atoms with van der Waals surface area (Å²) in [5, 5.41) is 13.1. The number of ether oxygens (including phenoxy) is 2. The Balaban J connectivity index is 1.45. The molecule has 138 valence electrons. The van der Waals surface area contributed by atoms with Gasteiger partial charge in [0.25, 0.3) is 5.91 Å². The molecular weight excluding hydrogens is 346 g/mol. The predicted octanol–water partition coefficient (Wildman–Crippen LogP) is 2.59. The first kappa shape index (κ1) is 17.0. The number of hydrogen-bond donors (Lipinski definition) is 2. The smallest absolute Gasteiger partial charge is 0.251 e. The van der Waals surface area contributed by atoms with Gasteiger partial charge in [-0.25, -0.2) is 4.98 Å². The van der Waals surface area contributed by atoms with Crippen LogP contribution < -0.4 is 14.8 Å². The molecule has 0 radical (unpaired) electrons. The Kier molecular flexibility index (Phi) is 4.42. The van der Waals surface area contributed by atoms with E-state index in [1.54, 1.807) is 29.2 Å². The number of rotatable bonds is 4. The molecule has 0 aliphatic carbocycles. The molecule has 27 heavy (non-hydrogen) atoms. The molecule has 4 rings (SSSR count). The Labute approximate surface area is 156 Å². The summed E-state index contributed by atoms with van der Waals surface area (Å²) in [5.74, 6) is 1.14. The number of carbonyl (C=O) groups is 1. The largest absolute Gasteiger partial charge is 0.506 e. The highest BCUT2D eigenvalue weighted by Crippen LogP contribution is 2.30. The first-order chi connectivity index (χ1) is 13.1. The molecule has 2 heterocycles. The van der Waals surface area contributed by atoms with Gasteiger partial charge in [0.15, 0.2) is 11.5 Å². The van der Waals surface area contributed by atoms with Gasteiger partial charge in [0.2, 0.25) is 0 Å². The molecule has 0 spiro atoms. The van der Waals surface area contributed by atoms with Gasteiger partial charge in [-0.05, 0) is 42.8 Å². The van der Waals surface area contributed by atoms with Crippen LogP contribution in [0.15, 0.2) is 48.9 Å². The molecule has 0 saturated heterocycles. The van der Waals surface area contributed by atoms with Crippen LogP contribution in [-0.2, 0) is 6.54 Å². The maximum atomic E-state index is 12.4. The molecule has 1 aliphatic rings. The van der Waals surface area contributed by atoms with Crippen LogP contribution in [0, 0.1) is 6.92 Å². The second kappa shape index (κ2) is 7.03. The highest BCUT2D eigenvalue weighted by molar-refractivity contribution is 5.94. The van der Waals surface area contributed by atoms with E-state index in [9.17, 15) is 9.90 Å². The highest BCUT2D eigenvalue weighted by atomic mass is 16.6. The maximum absolute atomic E-state index is 12.4. The molecule has 1 aliphatic heterocycles. The van der Waals surface area contributed by atoms with Crippen molar-refractivity contribution in [3.05, 3.63) is 65.7 Å². The number of benzene rings is 2. The minimum absolute atomic E-state index is 0.0133. The number of phenols is 1. The lowest BCUT2D eigenvalue weighted by Gasteiger charge is -2.19. The number of aryl methyl sites for hydroxylation is 1. The van der Waals surface area contributed by atoms with Crippen molar-refractivity contribution in [3.8, 4) is 22.9 Å². The van der Waals surface area contributed by atoms with Gasteiger partial charge < -0.3 is 24.5 Å². The van der Waals surface area contributed by atoms with Gasteiger partial charge in [-0.2, -0.15) is 0 Å². The van der Waals surface area contributed by atoms with Crippen LogP contribution in [0.4, 0.5) is 0 Å². The fourth-order valence-electron chi connectivity index (χ4n) is 2.92. The topological polar surface area (TPSA) is 85.6 Å². The zero-order chi connectivity index (χ0) is 18.8. The molecule has 0 fully saturated rings. The van der Waals surface area contributed by atoms with Crippen molar-refractivity contribution in [2.75, 3.05) is 13.2 Å². The van der Waals surface area contributed by atoms with Crippen LogP contribution in [0.5, 0.6) is 17.2 Å². The summed E-state index contributed by atoms with van der Waals surface area (Å²) in [4.78, 5) is 16.6. The number of fused-ring (bicyclic) bond motifs is 1. The van der Waals surface area contributed by atoms with Crippen LogP contribution in [-0.4, -0.2) is 33.8 Å². The van der Waals surface area contributed by atoms with E-state index in [-0.39, 0.29) is 11.7 Å². The van der Waals surface area contributed by atoms with E-state index in [1.807, 2.05) is 25.1 Å². The molecule has 1 aromatic heterocycles. The monoisotopic (exact) mass is 365 g/mol. The molecule has 3 aromatic rings. The minimum atomic E-state index is -0.270. The van der Waals surface area contributed by atoms with Gasteiger partial charge in [-0.3, -0.25) is 4.79 Å². The van der Waals surface area contributed by atoms with Crippen LogP contribution in [0.2, 0.25) is 0 Å². The molecule has 1 amide bonds. The summed E-state index contributed by atoms with van der Waals surface area (Å²) in [6.07, 6.45) is 3.42. The average Bonchev–Trinajstić information content (AvgIpc) is 3.11. The van der Waals surface area contributed by atoms with E-state index in [0.29, 0.717) is 42.5 Å². The summed E-state index contributed by atoms with van der Waals surface area (Å²) < 4.78 is 12.7. The molecule has 7 heteroatoms. The van der Waals surface area contributed by atoms with Crippen LogP contribution in [0.25, 0.3) is 5.69 Å². The molecule has 0 unspecified atom stereocenters. The minimum Gasteiger partial charge on any atom is -0.506 e. The first-order valence-corrected chi connectivity index (χ1v) is 8.61. The zero-order valence-corrected chi connectivity index (χ0v) is 14.8. The third-order valence-electron chi connectivity index (χ3n) is 4.29. The lowest BCUT2D eigenvalue weighted by Crippen LogP contribution is -2.23. The Morgan fingerprint density at radius 3 is 2.74 bits per heavy atom. The Hall–Kier alpha value is -3.48. The number of amides is 1. The molecule has 0 atom stereocenters. The van der Waals surface area contributed by atoms with E-state index in [1.165, 1.54) is 6.07 Å². The second-order valence-electron chi connectivity index (χ2n) is 6.29. The first-order valence-electron chi connectivity index (χ1n) is 8.61. The number of hydrogen-bond acceptors (Lipinski definition) is 5. The number of carbonyl (C=O) groups excluding carboxylic acids is 1. The van der Waals surface area contributed by atoms with Crippen LogP contribution in [0.3, 0.4) is 0 Å². The maximum Gasteiger partial charge on any atom is 0.251 e. The fourth-order valence-corrected chi connectivity index (χ4v) is 2.92. The van der Waals surface area contributed by atoms with Crippen LogP contribution >= 0.6 is 0 Å². The van der Waals surface area contributed by atoms with Gasteiger partial charge in [0, 0.05) is 18.3 Å². The molecule has 0 bridgehead atoms. The lowest BCUT2D eigenvalue weighted by molar-refractivity contribution is 0.0950. The standard InChI is InChI=1S/C20H19N3O4/c1-13-11-23(12-22-13)16-4-3-15(9-17(16)24)20(25)21-10-14-2-5-18-19(8-14)27-7-6-26-18/h2-5,8-9,11-12,24H,6-7,10H2,1H3,(H,21,25). The Bertz CT molecular complexity index is 997. The lowest BCUT2D eigenvalue weighted by atomic mass is 10.1. The van der Waals surface area contributed by atoms with E-state index < -0.39 is 0 Å². The third kappa shape index (κ3) is 3.57. The SMILES string of the molecule is Cc1cn(-c2ccc(C(=O)NCc3ccc4c(c3)OCCO4)cc2O)cn1. The van der Waals surface area contributed by atoms with Gasteiger partial charge in [0.05, 0.1) is 17.7 Å². The molecule has 2 N–H and O–H groups in total. The fraction of sp³-hybridized carbons (Fsp3) is 0.200. The van der Waals surface area contributed by atoms with Crippen molar-refractivity contribution >= 4 is 5.91 Å². The third-order valence-corrected chi connectivity index (χ3v) is 4.29. The Morgan fingerprint density at radius 2 is 2.00 bits per heavy atom. The van der Waals surface area contributed by atoms with E-state index >= 15 is 0 Å². The summed E-state index contributed by atoms with van der Waals surface area (Å²) in [6, 6.07) is 10.4. The summed E-state index contributed by atoms with van der Waals surface area (Å²) in [7, 11) is 0. The van der Waals surface area contributed by atoms with Crippen molar-refractivity contribution in [2.24, 2.45) is 0 Å². The van der Waals surface area contributed by atoms with Crippen molar-refractivity contribution in [3.63, 3.8) is 0 Å². The molecular formula is C20H19N3O4. The van der Waals surface area contributed by atoms with Gasteiger partial charge in [0.1, 0.15) is 19.0 Å². The predicted molar refractivity (Wildman–Crippen MR) is 98.6 cm³/mol. The number of nitrogens with one attached hydrogen (secondary N) is 1. The molecule has 0 saturated carbocycles. The normalized spacial score (nSPS) is 12.6. The number of nitrogens with zero attached hydrogens (tertiary/aromatic N) is 2. The van der Waals surface area contributed by atoms with E-state index in [0.717, 1.165) is 11.3 Å². The summed E-state index contributed by atoms with van der Waals surface area (Å²) >= 11 is 0. The average molecular weight is 365 g/mol. The van der Waals surface area contributed by atoms with Crippen molar-refractivity contribution < 1.29 is 19.4 Å². The van der Waals surface area contributed by atoms with Crippen molar-refractivity contribution in [1.82, 2.24) is 14.9 Å². The van der Waals surface area contributed by atoms with Crippen molar-refractivity contribution in [2.45, 2.75) is 13.5 Å². The Morgan fingerprint density at radius 1 is 1.19 bits per heavy atom. The van der Waals surface area contributed by atoms with Gasteiger partial charge >= 0.3 is 0 Å². The number of aromatic hydroxyl groups is 1. The summed E-state index contributed by atoms with van der Waals surface area (Å²) in [5.41, 5.74) is 2.70. The molecule has 2 aromatic carbocycles. The highest BCUT2D eigenvalue weighted by Gasteiger charge is 2.13. The van der Waals surface area contributed by atoms with Crippen LogP contribution in [0.1, 0.15) is 21.6 Å². The number of aromatic nitrogens is 2. The van der Waals surface area contributed by atoms with Gasteiger partial charge in [-0.15, -0.1) is 0 Å². The molecule has 7 nitrogen and oxygen atoms in total. The summed E-state index contributed by atoms with van der Waals surface area (Å²) in [6.45, 7) is 3.28. The van der Waals surface area contributed by atoms with E-state index in [2.05, 4.69) is 10.3 Å². The quantitative estimate of drug-likeness (QED) is 0.742. The number of imidazole rings is 1. The van der Waals surface area contributed by atoms with E-state index in [4.69, 9.17) is 9.47 Å². The number of phenolic OH excluding ortho intramolecular Hbond substituents is 1. The van der Waals surface area contributed by atoms with Crippen molar-refractivity contribution in [1.29, 1.82) is 0 Å².